The molecule has 0 unspecified atom stereocenters. The van der Waals surface area contributed by atoms with Gasteiger partial charge in [0.15, 0.2) is 0 Å². The summed E-state index contributed by atoms with van der Waals surface area (Å²) in [6.07, 6.45) is 4.97. The van der Waals surface area contributed by atoms with Crippen molar-refractivity contribution in [3.63, 3.8) is 0 Å². The van der Waals surface area contributed by atoms with Gasteiger partial charge in [0, 0.05) is 12.6 Å². The number of hydrogen-bond acceptors (Lipinski definition) is 2. The lowest BCUT2D eigenvalue weighted by molar-refractivity contribution is 0.499. The average Bonchev–Trinajstić information content (AvgIpc) is 2.69. The van der Waals surface area contributed by atoms with Crippen LogP contribution in [0.4, 0.5) is 15.8 Å². The van der Waals surface area contributed by atoms with Crippen molar-refractivity contribution in [3.8, 4) is 0 Å². The third-order valence-electron chi connectivity index (χ3n) is 3.64. The summed E-state index contributed by atoms with van der Waals surface area (Å²) >= 11 is 3.23. The van der Waals surface area contributed by atoms with Gasteiger partial charge in [0.2, 0.25) is 0 Å². The van der Waals surface area contributed by atoms with E-state index in [4.69, 9.17) is 0 Å². The highest BCUT2D eigenvalue weighted by molar-refractivity contribution is 9.10. The SMILES string of the molecule is Fc1cc2c(cc1Br)NC1(CCCC1)CN2. The van der Waals surface area contributed by atoms with Crippen LogP contribution in [0.2, 0.25) is 0 Å². The maximum atomic E-state index is 13.4. The molecule has 1 aromatic rings. The largest absolute Gasteiger partial charge is 0.381 e. The molecule has 1 aliphatic carbocycles. The second-order valence-electron chi connectivity index (χ2n) is 4.78. The second-order valence-corrected chi connectivity index (χ2v) is 5.63. The van der Waals surface area contributed by atoms with E-state index in [0.717, 1.165) is 17.9 Å². The maximum absolute atomic E-state index is 13.4. The maximum Gasteiger partial charge on any atom is 0.139 e. The normalized spacial score (nSPS) is 21.4. The van der Waals surface area contributed by atoms with Crippen LogP contribution < -0.4 is 10.6 Å². The van der Waals surface area contributed by atoms with E-state index >= 15 is 0 Å². The van der Waals surface area contributed by atoms with Crippen molar-refractivity contribution in [1.82, 2.24) is 0 Å². The van der Waals surface area contributed by atoms with Gasteiger partial charge in [0.1, 0.15) is 5.82 Å². The summed E-state index contributed by atoms with van der Waals surface area (Å²) in [5, 5.41) is 6.92. The predicted octanol–water partition coefficient (Wildman–Crippen LogP) is 3.74. The van der Waals surface area contributed by atoms with Crippen molar-refractivity contribution in [2.45, 2.75) is 31.2 Å². The zero-order valence-electron chi connectivity index (χ0n) is 8.95. The molecule has 1 spiro atoms. The monoisotopic (exact) mass is 284 g/mol. The topological polar surface area (TPSA) is 24.1 Å². The molecule has 0 amide bonds. The highest BCUT2D eigenvalue weighted by atomic mass is 79.9. The molecule has 0 saturated heterocycles. The van der Waals surface area contributed by atoms with Gasteiger partial charge in [-0.05, 0) is 34.8 Å². The first-order valence-corrected chi connectivity index (χ1v) is 6.49. The Labute approximate surface area is 103 Å². The van der Waals surface area contributed by atoms with E-state index in [9.17, 15) is 4.39 Å². The minimum atomic E-state index is -0.213. The molecule has 2 aliphatic rings. The molecule has 1 aromatic carbocycles. The van der Waals surface area contributed by atoms with Gasteiger partial charge < -0.3 is 10.6 Å². The van der Waals surface area contributed by atoms with Gasteiger partial charge in [0.05, 0.1) is 21.4 Å². The Hall–Kier alpha value is -0.770. The van der Waals surface area contributed by atoms with Crippen LogP contribution >= 0.6 is 15.9 Å². The van der Waals surface area contributed by atoms with Crippen LogP contribution in [0, 0.1) is 5.82 Å². The Bertz CT molecular complexity index is 427. The van der Waals surface area contributed by atoms with Crippen LogP contribution in [0.3, 0.4) is 0 Å². The molecule has 4 heteroatoms. The van der Waals surface area contributed by atoms with E-state index < -0.39 is 0 Å². The zero-order valence-corrected chi connectivity index (χ0v) is 10.5. The lowest BCUT2D eigenvalue weighted by atomic mass is 9.94. The number of hydrogen-bond donors (Lipinski definition) is 2. The Balaban J connectivity index is 1.96. The lowest BCUT2D eigenvalue weighted by Crippen LogP contribution is -2.45. The van der Waals surface area contributed by atoms with Crippen LogP contribution in [-0.2, 0) is 0 Å². The van der Waals surface area contributed by atoms with E-state index in [-0.39, 0.29) is 11.4 Å². The van der Waals surface area contributed by atoms with Crippen molar-refractivity contribution in [2.75, 3.05) is 17.2 Å². The van der Waals surface area contributed by atoms with Gasteiger partial charge in [0.25, 0.3) is 0 Å². The van der Waals surface area contributed by atoms with E-state index in [0.29, 0.717) is 4.47 Å². The van der Waals surface area contributed by atoms with Crippen molar-refractivity contribution >= 4 is 27.3 Å². The first-order valence-electron chi connectivity index (χ1n) is 5.70. The molecule has 0 bridgehead atoms. The molecule has 1 fully saturated rings. The van der Waals surface area contributed by atoms with Gasteiger partial charge in [-0.1, -0.05) is 12.8 Å². The van der Waals surface area contributed by atoms with Gasteiger partial charge in [-0.25, -0.2) is 4.39 Å². The second kappa shape index (κ2) is 3.62. The summed E-state index contributed by atoms with van der Waals surface area (Å²) < 4.78 is 13.9. The molecular formula is C12H14BrFN2. The summed E-state index contributed by atoms with van der Waals surface area (Å²) in [4.78, 5) is 0. The molecule has 1 aliphatic heterocycles. The van der Waals surface area contributed by atoms with Crippen molar-refractivity contribution in [1.29, 1.82) is 0 Å². The van der Waals surface area contributed by atoms with Crippen LogP contribution in [0.15, 0.2) is 16.6 Å². The van der Waals surface area contributed by atoms with Crippen molar-refractivity contribution in [3.05, 3.63) is 22.4 Å². The third kappa shape index (κ3) is 1.59. The minimum absolute atomic E-state index is 0.199. The molecule has 2 N–H and O–H groups in total. The van der Waals surface area contributed by atoms with Crippen LogP contribution in [0.1, 0.15) is 25.7 Å². The summed E-state index contributed by atoms with van der Waals surface area (Å²) in [6.45, 7) is 0.904. The summed E-state index contributed by atoms with van der Waals surface area (Å²) in [5.41, 5.74) is 2.09. The molecule has 1 heterocycles. The van der Waals surface area contributed by atoms with Gasteiger partial charge >= 0.3 is 0 Å². The molecule has 2 nitrogen and oxygen atoms in total. The molecular weight excluding hydrogens is 271 g/mol. The molecule has 0 radical (unpaired) electrons. The van der Waals surface area contributed by atoms with E-state index in [1.165, 1.54) is 25.7 Å². The number of benzene rings is 1. The Kier molecular flexibility index (Phi) is 2.35. The fourth-order valence-corrected chi connectivity index (χ4v) is 3.09. The smallest absolute Gasteiger partial charge is 0.139 e. The first kappa shape index (κ1) is 10.4. The number of nitrogens with one attached hydrogen (secondary N) is 2. The first-order chi connectivity index (χ1) is 7.69. The van der Waals surface area contributed by atoms with Crippen LogP contribution in [0.5, 0.6) is 0 Å². The highest BCUT2D eigenvalue weighted by Crippen LogP contribution is 2.40. The zero-order chi connectivity index (χ0) is 11.2. The van der Waals surface area contributed by atoms with Gasteiger partial charge in [-0.2, -0.15) is 0 Å². The standard InChI is InChI=1S/C12H14BrFN2/c13-8-5-11-10(6-9(8)14)15-7-12(16-11)3-1-2-4-12/h5-6,15-16H,1-4,7H2. The highest BCUT2D eigenvalue weighted by Gasteiger charge is 2.36. The quantitative estimate of drug-likeness (QED) is 0.758. The molecule has 0 atom stereocenters. The van der Waals surface area contributed by atoms with Crippen LogP contribution in [-0.4, -0.2) is 12.1 Å². The Morgan fingerprint density at radius 2 is 1.94 bits per heavy atom. The number of halogens is 2. The summed E-state index contributed by atoms with van der Waals surface area (Å²) in [5.74, 6) is -0.213. The molecule has 0 aromatic heterocycles. The van der Waals surface area contributed by atoms with E-state index in [2.05, 4.69) is 26.6 Å². The fourth-order valence-electron chi connectivity index (χ4n) is 2.74. The number of rotatable bonds is 0. The average molecular weight is 285 g/mol. The summed E-state index contributed by atoms with van der Waals surface area (Å²) in [7, 11) is 0. The number of fused-ring (bicyclic) bond motifs is 1. The lowest BCUT2D eigenvalue weighted by Gasteiger charge is -2.37. The fraction of sp³-hybridized carbons (Fsp3) is 0.500. The minimum Gasteiger partial charge on any atom is -0.381 e. The molecule has 3 rings (SSSR count). The van der Waals surface area contributed by atoms with E-state index in [1.807, 2.05) is 6.07 Å². The van der Waals surface area contributed by atoms with Gasteiger partial charge in [-0.15, -0.1) is 0 Å². The Morgan fingerprint density at radius 3 is 2.69 bits per heavy atom. The third-order valence-corrected chi connectivity index (χ3v) is 4.25. The molecule has 1 saturated carbocycles. The van der Waals surface area contributed by atoms with Crippen LogP contribution in [0.25, 0.3) is 0 Å². The number of anilines is 2. The predicted molar refractivity (Wildman–Crippen MR) is 67.4 cm³/mol. The van der Waals surface area contributed by atoms with E-state index in [1.54, 1.807) is 6.07 Å². The Morgan fingerprint density at radius 1 is 1.19 bits per heavy atom. The summed E-state index contributed by atoms with van der Waals surface area (Å²) in [6, 6.07) is 3.38. The molecule has 16 heavy (non-hydrogen) atoms. The van der Waals surface area contributed by atoms with Crippen molar-refractivity contribution < 1.29 is 4.39 Å². The molecule has 86 valence electrons. The van der Waals surface area contributed by atoms with Gasteiger partial charge in [-0.3, -0.25) is 0 Å². The van der Waals surface area contributed by atoms with Crippen molar-refractivity contribution in [2.24, 2.45) is 0 Å².